The van der Waals surface area contributed by atoms with Crippen molar-refractivity contribution in [3.8, 4) is 6.01 Å². The van der Waals surface area contributed by atoms with Crippen LogP contribution in [-0.2, 0) is 0 Å². The Hall–Kier alpha value is -2.99. The van der Waals surface area contributed by atoms with E-state index in [1.54, 1.807) is 12.3 Å². The van der Waals surface area contributed by atoms with E-state index in [0.29, 0.717) is 12.6 Å². The summed E-state index contributed by atoms with van der Waals surface area (Å²) >= 11 is 0. The average Bonchev–Trinajstić information content (AvgIpc) is 3.12. The third kappa shape index (κ3) is 3.90. The highest BCUT2D eigenvalue weighted by molar-refractivity contribution is 6.08. The summed E-state index contributed by atoms with van der Waals surface area (Å²) in [4.78, 5) is 23.3. The summed E-state index contributed by atoms with van der Waals surface area (Å²) < 4.78 is 5.73. The van der Waals surface area contributed by atoms with Crippen LogP contribution in [0.5, 0.6) is 6.01 Å². The average molecular weight is 362 g/mol. The molecule has 0 saturated carbocycles. The van der Waals surface area contributed by atoms with E-state index in [9.17, 15) is 4.79 Å². The molecular weight excluding hydrogens is 340 g/mol. The molecule has 0 radical (unpaired) electrons. The van der Waals surface area contributed by atoms with Crippen LogP contribution in [0, 0.1) is 0 Å². The van der Waals surface area contributed by atoms with Crippen LogP contribution in [0.15, 0.2) is 54.7 Å². The number of hydrogen-bond acceptors (Lipinski definition) is 5. The zero-order valence-corrected chi connectivity index (χ0v) is 15.3. The van der Waals surface area contributed by atoms with E-state index >= 15 is 0 Å². The molecule has 1 aliphatic heterocycles. The van der Waals surface area contributed by atoms with Crippen molar-refractivity contribution in [2.24, 2.45) is 0 Å². The van der Waals surface area contributed by atoms with Crippen LogP contribution in [0.4, 0.5) is 5.69 Å². The van der Waals surface area contributed by atoms with Gasteiger partial charge in [-0.3, -0.25) is 4.79 Å². The summed E-state index contributed by atoms with van der Waals surface area (Å²) in [5, 5.41) is 5.00. The molecule has 0 spiro atoms. The molecule has 2 aromatic carbocycles. The van der Waals surface area contributed by atoms with Crippen molar-refractivity contribution in [3.63, 3.8) is 0 Å². The molecule has 1 N–H and O–H groups in total. The SMILES string of the molecule is CN1CCC[C@H]1COc1nccc(C(=O)Nc2cccc3ccccc23)n1. The molecule has 0 bridgehead atoms. The molecular formula is C21H22N4O2. The summed E-state index contributed by atoms with van der Waals surface area (Å²) in [6.45, 7) is 1.62. The van der Waals surface area contributed by atoms with Gasteiger partial charge in [-0.1, -0.05) is 36.4 Å². The molecule has 1 aromatic heterocycles. The van der Waals surface area contributed by atoms with Crippen LogP contribution in [0.2, 0.25) is 0 Å². The molecule has 0 aliphatic carbocycles. The monoisotopic (exact) mass is 362 g/mol. The Labute approximate surface area is 158 Å². The summed E-state index contributed by atoms with van der Waals surface area (Å²) in [6.07, 6.45) is 3.84. The van der Waals surface area contributed by atoms with E-state index in [2.05, 4.69) is 27.2 Å². The van der Waals surface area contributed by atoms with E-state index in [4.69, 9.17) is 4.74 Å². The minimum absolute atomic E-state index is 0.237. The van der Waals surface area contributed by atoms with Gasteiger partial charge in [0.2, 0.25) is 0 Å². The summed E-state index contributed by atoms with van der Waals surface area (Å²) in [6, 6.07) is 16.0. The highest BCUT2D eigenvalue weighted by atomic mass is 16.5. The first-order chi connectivity index (χ1) is 13.2. The minimum Gasteiger partial charge on any atom is -0.462 e. The van der Waals surface area contributed by atoms with Gasteiger partial charge in [-0.25, -0.2) is 4.98 Å². The maximum atomic E-state index is 12.7. The first-order valence-corrected chi connectivity index (χ1v) is 9.16. The quantitative estimate of drug-likeness (QED) is 0.754. The van der Waals surface area contributed by atoms with Gasteiger partial charge in [-0.2, -0.15) is 4.98 Å². The third-order valence-corrected chi connectivity index (χ3v) is 4.98. The normalized spacial score (nSPS) is 17.1. The highest BCUT2D eigenvalue weighted by Gasteiger charge is 2.22. The fourth-order valence-corrected chi connectivity index (χ4v) is 3.42. The molecule has 1 saturated heterocycles. The third-order valence-electron chi connectivity index (χ3n) is 4.98. The Bertz CT molecular complexity index is 954. The fourth-order valence-electron chi connectivity index (χ4n) is 3.42. The van der Waals surface area contributed by atoms with Crippen molar-refractivity contribution in [3.05, 3.63) is 60.4 Å². The lowest BCUT2D eigenvalue weighted by Gasteiger charge is -2.18. The molecule has 3 aromatic rings. The van der Waals surface area contributed by atoms with E-state index in [1.807, 2.05) is 42.5 Å². The number of likely N-dealkylation sites (N-methyl/N-ethyl adjacent to an activating group) is 1. The maximum Gasteiger partial charge on any atom is 0.317 e. The molecule has 27 heavy (non-hydrogen) atoms. The summed E-state index contributed by atoms with van der Waals surface area (Å²) in [7, 11) is 2.09. The van der Waals surface area contributed by atoms with Crippen molar-refractivity contribution < 1.29 is 9.53 Å². The second kappa shape index (κ2) is 7.72. The van der Waals surface area contributed by atoms with Crippen LogP contribution in [0.25, 0.3) is 10.8 Å². The topological polar surface area (TPSA) is 67.3 Å². The number of carbonyl (C=O) groups excluding carboxylic acids is 1. The number of ether oxygens (including phenoxy) is 1. The molecule has 2 heterocycles. The second-order valence-corrected chi connectivity index (χ2v) is 6.79. The molecule has 4 rings (SSSR count). The number of nitrogens with one attached hydrogen (secondary N) is 1. The van der Waals surface area contributed by atoms with Gasteiger partial charge in [-0.05, 0) is 44.0 Å². The molecule has 1 fully saturated rings. The first kappa shape index (κ1) is 17.4. The molecule has 1 aliphatic rings. The zero-order chi connectivity index (χ0) is 18.6. The Morgan fingerprint density at radius 2 is 2.07 bits per heavy atom. The maximum absolute atomic E-state index is 12.7. The Morgan fingerprint density at radius 3 is 2.93 bits per heavy atom. The molecule has 6 nitrogen and oxygen atoms in total. The van der Waals surface area contributed by atoms with Crippen molar-refractivity contribution in [1.29, 1.82) is 0 Å². The number of carbonyl (C=O) groups is 1. The van der Waals surface area contributed by atoms with E-state index in [1.165, 1.54) is 6.42 Å². The first-order valence-electron chi connectivity index (χ1n) is 9.16. The van der Waals surface area contributed by atoms with Gasteiger partial charge in [0.1, 0.15) is 12.3 Å². The molecule has 0 unspecified atom stereocenters. The highest BCUT2D eigenvalue weighted by Crippen LogP contribution is 2.23. The zero-order valence-electron chi connectivity index (χ0n) is 15.3. The number of fused-ring (bicyclic) bond motifs is 1. The van der Waals surface area contributed by atoms with Crippen LogP contribution in [0.1, 0.15) is 23.3 Å². The van der Waals surface area contributed by atoms with Crippen molar-refractivity contribution in [1.82, 2.24) is 14.9 Å². The fraction of sp³-hybridized carbons (Fsp3) is 0.286. The number of likely N-dealkylation sites (tertiary alicyclic amines) is 1. The number of hydrogen-bond donors (Lipinski definition) is 1. The van der Waals surface area contributed by atoms with Gasteiger partial charge in [0.15, 0.2) is 0 Å². The Kier molecular flexibility index (Phi) is 4.98. The number of anilines is 1. The number of aromatic nitrogens is 2. The lowest BCUT2D eigenvalue weighted by atomic mass is 10.1. The van der Waals surface area contributed by atoms with Crippen molar-refractivity contribution in [2.45, 2.75) is 18.9 Å². The smallest absolute Gasteiger partial charge is 0.317 e. The molecule has 6 heteroatoms. The molecule has 138 valence electrons. The largest absolute Gasteiger partial charge is 0.462 e. The standard InChI is InChI=1S/C21H22N4O2/c1-25-13-5-8-16(25)14-27-21-22-12-11-19(24-21)20(26)23-18-10-4-7-15-6-2-3-9-17(15)18/h2-4,6-7,9-12,16H,5,8,13-14H2,1H3,(H,23,26)/t16-/m0/s1. The van der Waals surface area contributed by atoms with Crippen LogP contribution < -0.4 is 10.1 Å². The van der Waals surface area contributed by atoms with Gasteiger partial charge in [-0.15, -0.1) is 0 Å². The Balaban J connectivity index is 1.47. The van der Waals surface area contributed by atoms with Crippen LogP contribution in [0.3, 0.4) is 0 Å². The van der Waals surface area contributed by atoms with E-state index in [-0.39, 0.29) is 17.6 Å². The summed E-state index contributed by atoms with van der Waals surface area (Å²) in [5.74, 6) is -0.281. The summed E-state index contributed by atoms with van der Waals surface area (Å²) in [5.41, 5.74) is 1.04. The predicted octanol–water partition coefficient (Wildman–Crippen LogP) is 3.36. The van der Waals surface area contributed by atoms with E-state index in [0.717, 1.165) is 29.4 Å². The lowest BCUT2D eigenvalue weighted by molar-refractivity contribution is 0.102. The molecule has 1 atom stereocenters. The van der Waals surface area contributed by atoms with Crippen molar-refractivity contribution in [2.75, 3.05) is 25.5 Å². The van der Waals surface area contributed by atoms with Gasteiger partial charge >= 0.3 is 6.01 Å². The number of benzene rings is 2. The Morgan fingerprint density at radius 1 is 1.22 bits per heavy atom. The van der Waals surface area contributed by atoms with Gasteiger partial charge in [0, 0.05) is 23.3 Å². The lowest BCUT2D eigenvalue weighted by Crippen LogP contribution is -2.31. The van der Waals surface area contributed by atoms with Crippen molar-refractivity contribution >= 4 is 22.4 Å². The predicted molar refractivity (Wildman–Crippen MR) is 105 cm³/mol. The van der Waals surface area contributed by atoms with Gasteiger partial charge in [0.05, 0.1) is 0 Å². The molecule has 1 amide bonds. The number of nitrogens with zero attached hydrogens (tertiary/aromatic N) is 3. The van der Waals surface area contributed by atoms with Crippen LogP contribution >= 0.6 is 0 Å². The minimum atomic E-state index is -0.281. The van der Waals surface area contributed by atoms with Crippen LogP contribution in [-0.4, -0.2) is 47.0 Å². The number of amides is 1. The van der Waals surface area contributed by atoms with E-state index < -0.39 is 0 Å². The second-order valence-electron chi connectivity index (χ2n) is 6.79. The number of rotatable bonds is 5. The van der Waals surface area contributed by atoms with Gasteiger partial charge < -0.3 is 15.0 Å². The van der Waals surface area contributed by atoms with Gasteiger partial charge in [0.25, 0.3) is 5.91 Å².